The Balaban J connectivity index is 1.60. The molecule has 0 atom stereocenters. The average molecular weight is 471 g/mol. The molecule has 9 nitrogen and oxygen atoms in total. The maximum Gasteiger partial charge on any atom is 0.343 e. The van der Waals surface area contributed by atoms with E-state index in [0.717, 1.165) is 32.4 Å². The van der Waals surface area contributed by atoms with Gasteiger partial charge in [-0.2, -0.15) is 0 Å². The molecule has 2 aromatic rings. The van der Waals surface area contributed by atoms with Gasteiger partial charge in [-0.05, 0) is 68.7 Å². The standard InChI is InChI=1S/C25H30N2O7/c1-3-32-22-15-18(7-12-21(22)34-16-23(28)27-13-5-4-6-14-27)25(30)26-19-8-10-20(11-9-19)33-17-24(29)31-2/h7-12,15H,3-6,13-14,16-17H2,1-2H3,(H,26,30). The molecule has 0 spiro atoms. The van der Waals surface area contributed by atoms with Gasteiger partial charge in [0.2, 0.25) is 0 Å². The predicted molar refractivity (Wildman–Crippen MR) is 125 cm³/mol. The van der Waals surface area contributed by atoms with E-state index in [9.17, 15) is 14.4 Å². The van der Waals surface area contributed by atoms with Gasteiger partial charge in [-0.3, -0.25) is 9.59 Å². The number of nitrogens with zero attached hydrogens (tertiary/aromatic N) is 1. The Morgan fingerprint density at radius 3 is 2.29 bits per heavy atom. The Morgan fingerprint density at radius 1 is 0.882 bits per heavy atom. The maximum atomic E-state index is 12.7. The van der Waals surface area contributed by atoms with Crippen molar-refractivity contribution in [2.75, 3.05) is 45.3 Å². The van der Waals surface area contributed by atoms with Crippen molar-refractivity contribution in [3.8, 4) is 17.2 Å². The Morgan fingerprint density at radius 2 is 1.62 bits per heavy atom. The molecule has 1 aliphatic heterocycles. The van der Waals surface area contributed by atoms with Gasteiger partial charge in [-0.25, -0.2) is 4.79 Å². The average Bonchev–Trinajstić information content (AvgIpc) is 2.87. The van der Waals surface area contributed by atoms with Crippen LogP contribution in [0.25, 0.3) is 0 Å². The molecular weight excluding hydrogens is 440 g/mol. The van der Waals surface area contributed by atoms with Crippen LogP contribution >= 0.6 is 0 Å². The number of nitrogens with one attached hydrogen (secondary N) is 1. The Hall–Kier alpha value is -3.75. The number of hydrogen-bond donors (Lipinski definition) is 1. The maximum absolute atomic E-state index is 12.7. The lowest BCUT2D eigenvalue weighted by molar-refractivity contribution is -0.143. The Kier molecular flexibility index (Phi) is 9.13. The third-order valence-corrected chi connectivity index (χ3v) is 5.26. The number of carbonyl (C=O) groups excluding carboxylic acids is 3. The first-order valence-corrected chi connectivity index (χ1v) is 11.3. The molecule has 0 saturated carbocycles. The molecule has 0 radical (unpaired) electrons. The highest BCUT2D eigenvalue weighted by molar-refractivity contribution is 6.04. The van der Waals surface area contributed by atoms with Crippen LogP contribution in [-0.2, 0) is 14.3 Å². The SMILES string of the molecule is CCOc1cc(C(=O)Nc2ccc(OCC(=O)OC)cc2)ccc1OCC(=O)N1CCCCC1. The number of amides is 2. The topological polar surface area (TPSA) is 103 Å². The highest BCUT2D eigenvalue weighted by Crippen LogP contribution is 2.29. The molecule has 1 fully saturated rings. The number of methoxy groups -OCH3 is 1. The summed E-state index contributed by atoms with van der Waals surface area (Å²) < 4.78 is 21.2. The highest BCUT2D eigenvalue weighted by Gasteiger charge is 2.18. The Labute approximate surface area is 198 Å². The molecule has 1 aliphatic rings. The Bertz CT molecular complexity index is 985. The molecule has 0 unspecified atom stereocenters. The molecule has 9 heteroatoms. The molecule has 3 rings (SSSR count). The van der Waals surface area contributed by atoms with E-state index in [1.807, 2.05) is 11.8 Å². The highest BCUT2D eigenvalue weighted by atomic mass is 16.6. The van der Waals surface area contributed by atoms with Gasteiger partial charge in [0.05, 0.1) is 13.7 Å². The van der Waals surface area contributed by atoms with Crippen molar-refractivity contribution in [1.29, 1.82) is 0 Å². The smallest absolute Gasteiger partial charge is 0.343 e. The monoisotopic (exact) mass is 470 g/mol. The molecule has 1 saturated heterocycles. The number of anilines is 1. The third-order valence-electron chi connectivity index (χ3n) is 5.26. The predicted octanol–water partition coefficient (Wildman–Crippen LogP) is 3.28. The van der Waals surface area contributed by atoms with Gasteiger partial charge in [0.25, 0.3) is 11.8 Å². The van der Waals surface area contributed by atoms with E-state index in [-0.39, 0.29) is 25.0 Å². The van der Waals surface area contributed by atoms with E-state index in [4.69, 9.17) is 14.2 Å². The molecule has 2 aromatic carbocycles. The zero-order chi connectivity index (χ0) is 24.3. The summed E-state index contributed by atoms with van der Waals surface area (Å²) in [6, 6.07) is 11.4. The number of ether oxygens (including phenoxy) is 4. The van der Waals surface area contributed by atoms with Gasteiger partial charge in [0.1, 0.15) is 5.75 Å². The summed E-state index contributed by atoms with van der Waals surface area (Å²) in [7, 11) is 1.29. The van der Waals surface area contributed by atoms with Crippen molar-refractivity contribution < 1.29 is 33.3 Å². The van der Waals surface area contributed by atoms with E-state index in [2.05, 4.69) is 10.1 Å². The lowest BCUT2D eigenvalue weighted by atomic mass is 10.1. The van der Waals surface area contributed by atoms with Crippen LogP contribution in [0.3, 0.4) is 0 Å². The fourth-order valence-corrected chi connectivity index (χ4v) is 3.45. The van der Waals surface area contributed by atoms with Crippen molar-refractivity contribution in [2.24, 2.45) is 0 Å². The summed E-state index contributed by atoms with van der Waals surface area (Å²) in [4.78, 5) is 38.1. The number of hydrogen-bond acceptors (Lipinski definition) is 7. The van der Waals surface area contributed by atoms with E-state index in [1.165, 1.54) is 7.11 Å². The van der Waals surface area contributed by atoms with Gasteiger partial charge < -0.3 is 29.2 Å². The lowest BCUT2D eigenvalue weighted by Crippen LogP contribution is -2.38. The fourth-order valence-electron chi connectivity index (χ4n) is 3.45. The summed E-state index contributed by atoms with van der Waals surface area (Å²) in [5, 5.41) is 2.80. The second kappa shape index (κ2) is 12.5. The van der Waals surface area contributed by atoms with Crippen LogP contribution in [-0.4, -0.2) is 62.7 Å². The van der Waals surface area contributed by atoms with Crippen LogP contribution in [0.2, 0.25) is 0 Å². The minimum atomic E-state index is -0.481. The van der Waals surface area contributed by atoms with Gasteiger partial charge in [-0.1, -0.05) is 0 Å². The first kappa shape index (κ1) is 24.9. The van der Waals surface area contributed by atoms with Crippen molar-refractivity contribution in [2.45, 2.75) is 26.2 Å². The summed E-state index contributed by atoms with van der Waals surface area (Å²) in [5.74, 6) is 0.417. The van der Waals surface area contributed by atoms with Gasteiger partial charge in [-0.15, -0.1) is 0 Å². The van der Waals surface area contributed by atoms with Crippen molar-refractivity contribution >= 4 is 23.5 Å². The number of benzene rings is 2. The zero-order valence-corrected chi connectivity index (χ0v) is 19.5. The van der Waals surface area contributed by atoms with Gasteiger partial charge in [0, 0.05) is 24.3 Å². The summed E-state index contributed by atoms with van der Waals surface area (Å²) in [6.07, 6.45) is 3.18. The van der Waals surface area contributed by atoms with Crippen molar-refractivity contribution in [1.82, 2.24) is 4.90 Å². The minimum Gasteiger partial charge on any atom is -0.490 e. The van der Waals surface area contributed by atoms with Crippen LogP contribution in [0.4, 0.5) is 5.69 Å². The number of likely N-dealkylation sites (tertiary alicyclic amines) is 1. The molecule has 1 heterocycles. The molecule has 2 amide bonds. The first-order chi connectivity index (χ1) is 16.5. The summed E-state index contributed by atoms with van der Waals surface area (Å²) in [5.41, 5.74) is 0.935. The second-order valence-corrected chi connectivity index (χ2v) is 7.67. The third kappa shape index (κ3) is 7.13. The van der Waals surface area contributed by atoms with Gasteiger partial charge >= 0.3 is 5.97 Å². The zero-order valence-electron chi connectivity index (χ0n) is 19.5. The van der Waals surface area contributed by atoms with Crippen LogP contribution < -0.4 is 19.5 Å². The number of rotatable bonds is 10. The first-order valence-electron chi connectivity index (χ1n) is 11.3. The van der Waals surface area contributed by atoms with Crippen molar-refractivity contribution in [3.05, 3.63) is 48.0 Å². The second-order valence-electron chi connectivity index (χ2n) is 7.67. The van der Waals surface area contributed by atoms with E-state index in [0.29, 0.717) is 35.1 Å². The number of carbonyl (C=O) groups is 3. The molecule has 0 aromatic heterocycles. The minimum absolute atomic E-state index is 0.0528. The molecule has 1 N–H and O–H groups in total. The molecular formula is C25H30N2O7. The van der Waals surface area contributed by atoms with E-state index in [1.54, 1.807) is 42.5 Å². The molecule has 34 heavy (non-hydrogen) atoms. The largest absolute Gasteiger partial charge is 0.490 e. The number of esters is 1. The van der Waals surface area contributed by atoms with E-state index < -0.39 is 5.97 Å². The molecule has 0 bridgehead atoms. The van der Waals surface area contributed by atoms with Crippen LogP contribution in [0.1, 0.15) is 36.5 Å². The van der Waals surface area contributed by atoms with Crippen LogP contribution in [0.15, 0.2) is 42.5 Å². The van der Waals surface area contributed by atoms with Gasteiger partial charge in [0.15, 0.2) is 24.7 Å². The number of piperidine rings is 1. The normalized spacial score (nSPS) is 13.1. The molecule has 182 valence electrons. The van der Waals surface area contributed by atoms with E-state index >= 15 is 0 Å². The van der Waals surface area contributed by atoms with Crippen LogP contribution in [0.5, 0.6) is 17.2 Å². The van der Waals surface area contributed by atoms with Crippen LogP contribution in [0, 0.1) is 0 Å². The lowest BCUT2D eigenvalue weighted by Gasteiger charge is -2.26. The quantitative estimate of drug-likeness (QED) is 0.532. The summed E-state index contributed by atoms with van der Waals surface area (Å²) in [6.45, 7) is 3.47. The fraction of sp³-hybridized carbons (Fsp3) is 0.400. The van der Waals surface area contributed by atoms with Crippen molar-refractivity contribution in [3.63, 3.8) is 0 Å². The molecule has 0 aliphatic carbocycles. The summed E-state index contributed by atoms with van der Waals surface area (Å²) >= 11 is 0.